The van der Waals surface area contributed by atoms with Crippen molar-refractivity contribution in [2.24, 2.45) is 0 Å². The van der Waals surface area contributed by atoms with Crippen LogP contribution in [0.15, 0.2) is 0 Å². The van der Waals surface area contributed by atoms with Crippen LogP contribution in [0.4, 0.5) is 0 Å². The van der Waals surface area contributed by atoms with Crippen LogP contribution in [0.1, 0.15) is 58.3 Å². The van der Waals surface area contributed by atoms with Crippen molar-refractivity contribution >= 4 is 138 Å². The minimum Gasteiger partial charge on any atom is -0.469 e. The normalized spacial score (nSPS) is 40.2. The van der Waals surface area contributed by atoms with Crippen LogP contribution in [0.3, 0.4) is 0 Å². The highest BCUT2D eigenvalue weighted by atomic mass is 32.2. The molecular formula is C79H128O46S8. The zero-order valence-electron chi connectivity index (χ0n) is 73.4. The van der Waals surface area contributed by atoms with Crippen molar-refractivity contribution in [1.82, 2.24) is 0 Å². The number of ether oxygens (including phenoxy) is 23. The highest BCUT2D eigenvalue weighted by Crippen LogP contribution is 2.43. The molecule has 30 aliphatic rings. The molecule has 46 nitrogen and oxygen atoms in total. The smallest absolute Gasteiger partial charge is 0.306 e. The molecule has 0 saturated carbocycles. The van der Waals surface area contributed by atoms with Gasteiger partial charge in [-0.3, -0.25) is 33.6 Å². The molecule has 54 heteroatoms. The monoisotopic (exact) mass is 2070 g/mol. The molecule has 30 aliphatic heterocycles. The maximum atomic E-state index is 12.5. The van der Waals surface area contributed by atoms with Gasteiger partial charge in [0.25, 0.3) is 25.9 Å². The Morgan fingerprint density at radius 3 is 0.526 bits per heavy atom. The van der Waals surface area contributed by atoms with Crippen LogP contribution in [-0.4, -0.2) is 511 Å². The highest BCUT2D eigenvalue weighted by Gasteiger charge is 2.61. The first-order chi connectivity index (χ1) is 64.1. The average Bonchev–Trinajstić information content (AvgIpc) is 0.769. The van der Waals surface area contributed by atoms with Gasteiger partial charge in [0.2, 0.25) is 0 Å². The van der Waals surface area contributed by atoms with Crippen molar-refractivity contribution in [3.63, 3.8) is 0 Å². The van der Waals surface area contributed by atoms with Crippen molar-refractivity contribution in [1.29, 1.82) is 0 Å². The Bertz CT molecular complexity index is 3360. The van der Waals surface area contributed by atoms with Gasteiger partial charge in [-0.15, -0.1) is 0 Å². The summed E-state index contributed by atoms with van der Waals surface area (Å²) in [6, 6.07) is 0. The SMILES string of the molecule is CCCSCC1O[C@@H]2O[C@@H]3C(CSCCC(=O)OC)O[C@H](O[C@@H]4C(CSCCC(=O)OC)O[C@H](O[C@@H]5C(CSCCC(=O)OC)O[C@H](O[C@@H]6C(CSCCCOC=O)O[C@H](O[C@@H]7C(CSCCCOC=O)O[C@@H](O[C@@H]8C(CSCCCOC=O)O[C@H](O[C@@H]9C(CSCCCOC=O)O[C@H](O[C@H]1[C@H](O)C2O)C(O)[C@H]9O)C(O)[C@H]8O)C(O)[C@H]7O)C(O)[C@H]6O)C(O)[C@H]5O)C(O)[C@H]4O)C(O)[C@H]3O. The second kappa shape index (κ2) is 59.8. The van der Waals surface area contributed by atoms with Crippen LogP contribution in [0.25, 0.3) is 0 Å². The van der Waals surface area contributed by atoms with Gasteiger partial charge in [0, 0.05) is 63.3 Å². The number of methoxy groups -OCH3 is 3. The van der Waals surface area contributed by atoms with E-state index >= 15 is 0 Å². The van der Waals surface area contributed by atoms with Crippen LogP contribution in [0, 0.1) is 0 Å². The molecule has 0 aromatic rings. The van der Waals surface area contributed by atoms with E-state index in [0.717, 1.165) is 58.8 Å². The molecule has 30 rings (SSSR count). The Labute approximate surface area is 801 Å². The van der Waals surface area contributed by atoms with Gasteiger partial charge in [0.15, 0.2) is 50.3 Å². The van der Waals surface area contributed by atoms with E-state index in [2.05, 4.69) is 0 Å². The molecule has 16 bridgehead atoms. The minimum absolute atomic E-state index is 0.0122. The topological polar surface area (TPSA) is 655 Å². The first-order valence-electron chi connectivity index (χ1n) is 43.5. The van der Waals surface area contributed by atoms with Gasteiger partial charge in [-0.1, -0.05) is 6.92 Å². The maximum absolute atomic E-state index is 12.5. The summed E-state index contributed by atoms with van der Waals surface area (Å²) < 4.78 is 137. The van der Waals surface area contributed by atoms with Crippen molar-refractivity contribution in [3.8, 4) is 0 Å². The Balaban J connectivity index is 1.12. The van der Waals surface area contributed by atoms with Crippen molar-refractivity contribution < 1.29 is 224 Å². The molecule has 0 aliphatic carbocycles. The lowest BCUT2D eigenvalue weighted by Gasteiger charge is -2.51. The average molecular weight is 2070 g/mol. The van der Waals surface area contributed by atoms with Gasteiger partial charge in [-0.2, -0.15) is 94.1 Å². The zero-order valence-corrected chi connectivity index (χ0v) is 79.9. The molecule has 16 unspecified atom stereocenters. The third-order valence-electron chi connectivity index (χ3n) is 22.6. The summed E-state index contributed by atoms with van der Waals surface area (Å²) in [4.78, 5) is 81.9. The lowest BCUT2D eigenvalue weighted by atomic mass is 9.95. The predicted molar refractivity (Wildman–Crippen MR) is 470 cm³/mol. The molecule has 30 heterocycles. The molecule has 30 saturated heterocycles. The number of rotatable bonds is 47. The van der Waals surface area contributed by atoms with Crippen LogP contribution in [0.2, 0.25) is 0 Å². The van der Waals surface area contributed by atoms with Crippen LogP contribution in [0.5, 0.6) is 0 Å². The molecule has 0 amide bonds. The summed E-state index contributed by atoms with van der Waals surface area (Å²) >= 11 is 9.12. The summed E-state index contributed by atoms with van der Waals surface area (Å²) in [7, 11) is 3.51. The lowest BCUT2D eigenvalue weighted by molar-refractivity contribution is -0.396. The molecule has 30 fully saturated rings. The Kier molecular flexibility index (Phi) is 51.4. The van der Waals surface area contributed by atoms with Gasteiger partial charge < -0.3 is 191 Å². The van der Waals surface area contributed by atoms with Crippen LogP contribution >= 0.6 is 94.1 Å². The Morgan fingerprint density at radius 2 is 0.383 bits per heavy atom. The van der Waals surface area contributed by atoms with E-state index in [9.17, 15) is 115 Å². The zero-order chi connectivity index (χ0) is 96.4. The van der Waals surface area contributed by atoms with Gasteiger partial charge in [0.1, 0.15) is 146 Å². The van der Waals surface area contributed by atoms with E-state index in [0.29, 0.717) is 12.2 Å². The molecule has 133 heavy (non-hydrogen) atoms. The first-order valence-corrected chi connectivity index (χ1v) is 52.7. The Morgan fingerprint density at radius 1 is 0.233 bits per heavy atom. The number of aliphatic hydroxyl groups excluding tert-OH is 16. The molecule has 0 aromatic heterocycles. The molecule has 0 radical (unpaired) electrons. The van der Waals surface area contributed by atoms with E-state index in [4.69, 9.17) is 109 Å². The van der Waals surface area contributed by atoms with Crippen LogP contribution in [-0.2, 0) is 143 Å². The number of carbonyl (C=O) groups excluding carboxylic acids is 7. The maximum Gasteiger partial charge on any atom is 0.306 e. The second-order valence-electron chi connectivity index (χ2n) is 31.9. The largest absolute Gasteiger partial charge is 0.469 e. The number of carbonyl (C=O) groups is 7. The minimum atomic E-state index is -2.22. The van der Waals surface area contributed by atoms with Gasteiger partial charge in [-0.05, 0) is 60.9 Å². The molecular weight excluding hydrogens is 1940 g/mol. The summed E-state index contributed by atoms with van der Waals surface area (Å²) in [5.41, 5.74) is 0. The Hall–Kier alpha value is -2.19. The first kappa shape index (κ1) is 114. The number of hydrogen-bond donors (Lipinski definition) is 16. The standard InChI is InChI=1S/C79H128O46S8/c1-5-17-126-25-37-64-48(87)56(95)72(110-37)123-69-42(30-131-22-10-45(84)103-2)116-78(62(101)54(69)93)125-71-44(32-133-24-12-47(86)105-4)117-79(63(102)55(71)94)124-70-43(31-132-23-11-46(85)104-3)115-77(61(100)53(70)92)122-68-41(29-130-21-9-16-109-36-83)114-76(60(99)52(68)91)121-67-40(28-129-20-8-15-108-35-82)113-75(59(98)51(67)90)120-66-39(27-128-19-7-14-107-34-81)112-74(58(97)50(66)89)119-65-38(26-127-18-6-13-106-33-80)111-73(118-64)57(96)49(65)88/h33-44,48-79,87-102H,5-32H2,1-4H3/t37?,38?,39?,40?,41?,42?,43?,44?,48-,49-,50-,51-,52-,53-,54-,55-,56?,57?,58?,59?,60?,61?,62?,63?,64-,65-,66-,67-,68-,69-,70-,71-,72-,73-,74-,75+,76-,77-,78-,79-/m1/s1. The van der Waals surface area contributed by atoms with Crippen molar-refractivity contribution in [2.75, 3.05) is 140 Å². The number of esters is 3. The second-order valence-corrected chi connectivity index (χ2v) is 41.1. The van der Waals surface area contributed by atoms with Crippen LogP contribution < -0.4 is 0 Å². The summed E-state index contributed by atoms with van der Waals surface area (Å²) in [5, 5.41) is 198. The number of thioether (sulfide) groups is 8. The summed E-state index contributed by atoms with van der Waals surface area (Å²) in [6.07, 6.45) is -74.7. The third kappa shape index (κ3) is 32.9. The van der Waals surface area contributed by atoms with E-state index in [1.165, 1.54) is 56.6 Å². The fourth-order valence-electron chi connectivity index (χ4n) is 15.5. The molecule has 40 atom stereocenters. The highest BCUT2D eigenvalue weighted by molar-refractivity contribution is 8.00. The van der Waals surface area contributed by atoms with E-state index in [1.54, 1.807) is 0 Å². The summed E-state index contributed by atoms with van der Waals surface area (Å²) in [6.45, 7) is 2.80. The van der Waals surface area contributed by atoms with Crippen molar-refractivity contribution in [3.05, 3.63) is 0 Å². The van der Waals surface area contributed by atoms with Gasteiger partial charge in [0.05, 0.1) is 116 Å². The molecule has 0 spiro atoms. The summed E-state index contributed by atoms with van der Waals surface area (Å²) in [5.74, 6) is -1.61. The van der Waals surface area contributed by atoms with Gasteiger partial charge in [-0.25, -0.2) is 0 Å². The fourth-order valence-corrected chi connectivity index (χ4v) is 23.3. The quantitative estimate of drug-likeness (QED) is 0.0117. The van der Waals surface area contributed by atoms with Gasteiger partial charge >= 0.3 is 17.9 Å². The number of aliphatic hydroxyl groups is 16. The van der Waals surface area contributed by atoms with Crippen molar-refractivity contribution in [2.45, 2.75) is 304 Å². The van der Waals surface area contributed by atoms with E-state index < -0.39 is 264 Å². The van der Waals surface area contributed by atoms with E-state index in [1.807, 2.05) is 6.92 Å². The predicted octanol–water partition coefficient (Wildman–Crippen LogP) is -6.13. The number of hydrogen-bond acceptors (Lipinski definition) is 54. The molecule has 16 N–H and O–H groups in total. The third-order valence-corrected chi connectivity index (χ3v) is 31.6. The fraction of sp³-hybridized carbons (Fsp3) is 0.911. The molecule has 768 valence electrons. The lowest BCUT2D eigenvalue weighted by Crippen LogP contribution is -2.69. The molecule has 0 aromatic carbocycles. The van der Waals surface area contributed by atoms with E-state index in [-0.39, 0.29) is 184 Å².